The zero-order valence-electron chi connectivity index (χ0n) is 30.4. The fourth-order valence-electron chi connectivity index (χ4n) is 9.77. The third-order valence-electron chi connectivity index (χ3n) is 12.0. The molecule has 0 N–H and O–H groups in total. The summed E-state index contributed by atoms with van der Waals surface area (Å²) in [5.41, 5.74) is 18.5. The standard InChI is InChI=1S/C53H33N3/c1-3-16-34(17-4-1)47-33-48(35-18-5-2-6-19-35)55-52(54-47)36-20-15-21-37(32-36)56-49-29-14-10-24-40(49)41-30-31-46-50(51(41)56)42-25-9-13-28-45(42)53(46)43-26-11-7-22-38(43)39-23-8-12-27-44(39)53/h1-33H. The molecule has 0 saturated heterocycles. The van der Waals surface area contributed by atoms with Gasteiger partial charge in [-0.25, -0.2) is 9.97 Å². The number of rotatable bonds is 4. The van der Waals surface area contributed by atoms with Gasteiger partial charge in [-0.3, -0.25) is 0 Å². The van der Waals surface area contributed by atoms with Gasteiger partial charge in [0.1, 0.15) is 0 Å². The largest absolute Gasteiger partial charge is 0.309 e. The van der Waals surface area contributed by atoms with E-state index in [0.717, 1.165) is 33.8 Å². The van der Waals surface area contributed by atoms with Crippen LogP contribution < -0.4 is 0 Å². The Morgan fingerprint density at radius 2 is 0.911 bits per heavy atom. The Morgan fingerprint density at radius 1 is 0.375 bits per heavy atom. The summed E-state index contributed by atoms with van der Waals surface area (Å²) < 4.78 is 2.48. The smallest absolute Gasteiger partial charge is 0.160 e. The van der Waals surface area contributed by atoms with Gasteiger partial charge in [0.05, 0.1) is 27.8 Å². The van der Waals surface area contributed by atoms with Crippen LogP contribution in [0, 0.1) is 0 Å². The van der Waals surface area contributed by atoms with Gasteiger partial charge >= 0.3 is 0 Å². The van der Waals surface area contributed by atoms with Crippen molar-refractivity contribution >= 4 is 21.8 Å². The molecule has 10 aromatic rings. The quantitative estimate of drug-likeness (QED) is 0.182. The molecule has 1 spiro atoms. The van der Waals surface area contributed by atoms with Gasteiger partial charge in [-0.2, -0.15) is 0 Å². The lowest BCUT2D eigenvalue weighted by atomic mass is 9.70. The summed E-state index contributed by atoms with van der Waals surface area (Å²) in [5, 5.41) is 2.47. The van der Waals surface area contributed by atoms with Gasteiger partial charge in [0.2, 0.25) is 0 Å². The molecular formula is C53H33N3. The van der Waals surface area contributed by atoms with Gasteiger partial charge in [-0.15, -0.1) is 0 Å². The van der Waals surface area contributed by atoms with Crippen LogP contribution >= 0.6 is 0 Å². The number of para-hydroxylation sites is 1. The summed E-state index contributed by atoms with van der Waals surface area (Å²) in [6.07, 6.45) is 0. The predicted octanol–water partition coefficient (Wildman–Crippen LogP) is 12.9. The van der Waals surface area contributed by atoms with Gasteiger partial charge in [-0.1, -0.05) is 176 Å². The normalized spacial score (nSPS) is 13.1. The van der Waals surface area contributed by atoms with Crippen molar-refractivity contribution in [2.45, 2.75) is 5.41 Å². The highest BCUT2D eigenvalue weighted by atomic mass is 15.0. The summed E-state index contributed by atoms with van der Waals surface area (Å²) in [5.74, 6) is 0.696. The van der Waals surface area contributed by atoms with Crippen LogP contribution in [0.15, 0.2) is 200 Å². The van der Waals surface area contributed by atoms with E-state index in [2.05, 4.69) is 193 Å². The van der Waals surface area contributed by atoms with Gasteiger partial charge in [0, 0.05) is 38.7 Å². The lowest BCUT2D eigenvalue weighted by Gasteiger charge is -2.30. The Morgan fingerprint density at radius 3 is 1.57 bits per heavy atom. The van der Waals surface area contributed by atoms with Crippen LogP contribution in [0.5, 0.6) is 0 Å². The summed E-state index contributed by atoms with van der Waals surface area (Å²) in [7, 11) is 0. The molecule has 0 saturated carbocycles. The molecule has 3 nitrogen and oxygen atoms in total. The van der Waals surface area contributed by atoms with Crippen LogP contribution in [0.25, 0.3) is 83.6 Å². The molecule has 260 valence electrons. The average Bonchev–Trinajstić information content (AvgIpc) is 3.89. The first-order valence-electron chi connectivity index (χ1n) is 19.3. The van der Waals surface area contributed by atoms with Crippen molar-refractivity contribution in [1.29, 1.82) is 0 Å². The van der Waals surface area contributed by atoms with Crippen molar-refractivity contribution in [3.63, 3.8) is 0 Å². The van der Waals surface area contributed by atoms with Gasteiger partial charge < -0.3 is 4.57 Å². The molecule has 12 rings (SSSR count). The minimum Gasteiger partial charge on any atom is -0.309 e. The molecule has 2 heterocycles. The molecule has 0 unspecified atom stereocenters. The highest BCUT2D eigenvalue weighted by molar-refractivity contribution is 6.16. The van der Waals surface area contributed by atoms with Crippen LogP contribution in [-0.4, -0.2) is 14.5 Å². The molecule has 0 amide bonds. The first-order chi connectivity index (χ1) is 27.8. The fraction of sp³-hybridized carbons (Fsp3) is 0.0189. The van der Waals surface area contributed by atoms with Crippen molar-refractivity contribution < 1.29 is 0 Å². The minimum atomic E-state index is -0.421. The first-order valence-corrected chi connectivity index (χ1v) is 19.3. The molecule has 2 aliphatic rings. The number of nitrogens with zero attached hydrogens (tertiary/aromatic N) is 3. The third kappa shape index (κ3) is 4.22. The Kier molecular flexibility index (Phi) is 6.55. The fourth-order valence-corrected chi connectivity index (χ4v) is 9.77. The maximum atomic E-state index is 5.20. The molecule has 0 radical (unpaired) electrons. The SMILES string of the molecule is c1ccc(-c2cc(-c3ccccc3)nc(-c3cccc(-n4c5ccccc5c5ccc6c(c54)-c4ccccc4C64c5ccccc5-c5ccccc54)c3)n2)cc1. The number of hydrogen-bond donors (Lipinski definition) is 0. The highest BCUT2D eigenvalue weighted by Gasteiger charge is 2.52. The second kappa shape index (κ2) is 11.8. The average molecular weight is 712 g/mol. The summed E-state index contributed by atoms with van der Waals surface area (Å²) >= 11 is 0. The van der Waals surface area contributed by atoms with E-state index in [1.54, 1.807) is 0 Å². The molecule has 3 heteroatoms. The second-order valence-electron chi connectivity index (χ2n) is 14.9. The zero-order chi connectivity index (χ0) is 36.8. The van der Waals surface area contributed by atoms with E-state index in [0.29, 0.717) is 5.82 Å². The topological polar surface area (TPSA) is 30.7 Å². The third-order valence-corrected chi connectivity index (χ3v) is 12.0. The molecule has 56 heavy (non-hydrogen) atoms. The minimum absolute atomic E-state index is 0.421. The summed E-state index contributed by atoms with van der Waals surface area (Å²) in [6.45, 7) is 0. The second-order valence-corrected chi connectivity index (χ2v) is 14.9. The first kappa shape index (κ1) is 31.0. The lowest BCUT2D eigenvalue weighted by molar-refractivity contribution is 0.794. The van der Waals surface area contributed by atoms with Crippen molar-refractivity contribution in [2.75, 3.05) is 0 Å². The van der Waals surface area contributed by atoms with Crippen molar-refractivity contribution in [2.24, 2.45) is 0 Å². The molecule has 0 atom stereocenters. The molecule has 0 fully saturated rings. The highest BCUT2D eigenvalue weighted by Crippen LogP contribution is 2.64. The molecular weight excluding hydrogens is 679 g/mol. The zero-order valence-corrected chi connectivity index (χ0v) is 30.4. The Balaban J connectivity index is 1.14. The Bertz CT molecular complexity index is 3090. The van der Waals surface area contributed by atoms with E-state index in [4.69, 9.17) is 9.97 Å². The van der Waals surface area contributed by atoms with Crippen LogP contribution in [0.1, 0.15) is 22.3 Å². The number of hydrogen-bond acceptors (Lipinski definition) is 2. The summed E-state index contributed by atoms with van der Waals surface area (Å²) in [6, 6.07) is 72.4. The molecule has 0 aliphatic heterocycles. The van der Waals surface area contributed by atoms with E-state index in [9.17, 15) is 0 Å². The van der Waals surface area contributed by atoms with E-state index < -0.39 is 5.41 Å². The van der Waals surface area contributed by atoms with Crippen molar-refractivity contribution in [3.8, 4) is 61.8 Å². The number of fused-ring (bicyclic) bond motifs is 14. The molecule has 8 aromatic carbocycles. The molecule has 2 aliphatic carbocycles. The van der Waals surface area contributed by atoms with Crippen molar-refractivity contribution in [3.05, 3.63) is 222 Å². The monoisotopic (exact) mass is 711 g/mol. The molecule has 2 aromatic heterocycles. The van der Waals surface area contributed by atoms with E-state index >= 15 is 0 Å². The Labute approximate surface area is 324 Å². The van der Waals surface area contributed by atoms with Gasteiger partial charge in [-0.05, 0) is 63.2 Å². The summed E-state index contributed by atoms with van der Waals surface area (Å²) in [4.78, 5) is 10.4. The van der Waals surface area contributed by atoms with E-state index in [-0.39, 0.29) is 0 Å². The number of benzene rings is 8. The van der Waals surface area contributed by atoms with Crippen LogP contribution in [-0.2, 0) is 5.41 Å². The van der Waals surface area contributed by atoms with Crippen molar-refractivity contribution in [1.82, 2.24) is 14.5 Å². The predicted molar refractivity (Wildman–Crippen MR) is 229 cm³/mol. The lowest BCUT2D eigenvalue weighted by Crippen LogP contribution is -2.25. The molecule has 0 bridgehead atoms. The maximum Gasteiger partial charge on any atom is 0.160 e. The van der Waals surface area contributed by atoms with Crippen LogP contribution in [0.3, 0.4) is 0 Å². The van der Waals surface area contributed by atoms with Crippen LogP contribution in [0.2, 0.25) is 0 Å². The maximum absolute atomic E-state index is 5.20. The van der Waals surface area contributed by atoms with Crippen LogP contribution in [0.4, 0.5) is 0 Å². The van der Waals surface area contributed by atoms with E-state index in [1.807, 2.05) is 12.1 Å². The number of aromatic nitrogens is 3. The van der Waals surface area contributed by atoms with Gasteiger partial charge in [0.25, 0.3) is 0 Å². The van der Waals surface area contributed by atoms with E-state index in [1.165, 1.54) is 66.3 Å². The Hall–Kier alpha value is -7.36. The van der Waals surface area contributed by atoms with Gasteiger partial charge in [0.15, 0.2) is 5.82 Å².